The van der Waals surface area contributed by atoms with Gasteiger partial charge < -0.3 is 9.88 Å². The van der Waals surface area contributed by atoms with Crippen LogP contribution in [0.2, 0.25) is 0 Å². The van der Waals surface area contributed by atoms with Gasteiger partial charge in [0.05, 0.1) is 17.4 Å². The predicted octanol–water partition coefficient (Wildman–Crippen LogP) is 2.01. The molecule has 0 aliphatic carbocycles. The molecule has 0 aliphatic rings. The molecule has 0 saturated heterocycles. The van der Waals surface area contributed by atoms with Crippen molar-refractivity contribution in [3.8, 4) is 0 Å². The lowest BCUT2D eigenvalue weighted by Crippen LogP contribution is -2.19. The number of amides is 1. The third-order valence-corrected chi connectivity index (χ3v) is 3.35. The molecule has 3 rings (SSSR count). The largest absolute Gasteiger partial charge is 0.321 e. The molecule has 0 atom stereocenters. The molecule has 2 N–H and O–H groups in total. The molecule has 0 bridgehead atoms. The van der Waals surface area contributed by atoms with Gasteiger partial charge in [-0.05, 0) is 26.0 Å². The molecule has 1 aromatic carbocycles. The van der Waals surface area contributed by atoms with E-state index in [0.717, 1.165) is 22.3 Å². The first-order chi connectivity index (χ1) is 9.65. The van der Waals surface area contributed by atoms with Crippen LogP contribution in [-0.2, 0) is 11.3 Å². The fourth-order valence-corrected chi connectivity index (χ4v) is 2.07. The van der Waals surface area contributed by atoms with E-state index in [1.165, 1.54) is 0 Å². The molecule has 6 nitrogen and oxygen atoms in total. The van der Waals surface area contributed by atoms with Crippen molar-refractivity contribution in [3.05, 3.63) is 41.9 Å². The molecule has 20 heavy (non-hydrogen) atoms. The third-order valence-electron chi connectivity index (χ3n) is 3.35. The Morgan fingerprint density at radius 1 is 1.35 bits per heavy atom. The van der Waals surface area contributed by atoms with Gasteiger partial charge in [0.15, 0.2) is 5.82 Å². The van der Waals surface area contributed by atoms with Crippen molar-refractivity contribution in [2.45, 2.75) is 20.4 Å². The predicted molar refractivity (Wildman–Crippen MR) is 76.4 cm³/mol. The van der Waals surface area contributed by atoms with Crippen LogP contribution in [0.25, 0.3) is 11.0 Å². The van der Waals surface area contributed by atoms with Gasteiger partial charge in [0, 0.05) is 11.3 Å². The van der Waals surface area contributed by atoms with Gasteiger partial charge in [-0.25, -0.2) is 4.98 Å². The van der Waals surface area contributed by atoms with Crippen LogP contribution in [-0.4, -0.2) is 25.7 Å². The van der Waals surface area contributed by atoms with Crippen LogP contribution >= 0.6 is 0 Å². The summed E-state index contributed by atoms with van der Waals surface area (Å²) in [6.45, 7) is 4.05. The first kappa shape index (κ1) is 12.4. The van der Waals surface area contributed by atoms with Crippen molar-refractivity contribution >= 4 is 22.8 Å². The van der Waals surface area contributed by atoms with Crippen molar-refractivity contribution in [2.75, 3.05) is 5.32 Å². The highest BCUT2D eigenvalue weighted by molar-refractivity contribution is 5.91. The SMILES string of the molecule is Cc1[nH]nc(NC(=O)Cn2cnc3ccccc32)c1C. The lowest BCUT2D eigenvalue weighted by Gasteiger charge is -2.05. The number of H-pyrrole nitrogens is 1. The number of nitrogens with one attached hydrogen (secondary N) is 2. The van der Waals surface area contributed by atoms with Gasteiger partial charge in [0.25, 0.3) is 0 Å². The molecule has 6 heteroatoms. The molecule has 0 spiro atoms. The quantitative estimate of drug-likeness (QED) is 0.763. The number of hydrogen-bond acceptors (Lipinski definition) is 3. The molecule has 2 aromatic heterocycles. The molecule has 0 aliphatic heterocycles. The molecule has 0 radical (unpaired) electrons. The Hall–Kier alpha value is -2.63. The summed E-state index contributed by atoms with van der Waals surface area (Å²) in [5.41, 5.74) is 3.73. The number of carbonyl (C=O) groups is 1. The van der Waals surface area contributed by atoms with Crippen molar-refractivity contribution < 1.29 is 4.79 Å². The molecule has 0 unspecified atom stereocenters. The van der Waals surface area contributed by atoms with Gasteiger partial charge in [0.1, 0.15) is 6.54 Å². The van der Waals surface area contributed by atoms with E-state index in [4.69, 9.17) is 0 Å². The fraction of sp³-hybridized carbons (Fsp3) is 0.214. The van der Waals surface area contributed by atoms with Gasteiger partial charge in [0.2, 0.25) is 5.91 Å². The molecule has 0 saturated carbocycles. The Morgan fingerprint density at radius 2 is 2.15 bits per heavy atom. The Morgan fingerprint density at radius 3 is 2.90 bits per heavy atom. The summed E-state index contributed by atoms with van der Waals surface area (Å²) < 4.78 is 1.82. The summed E-state index contributed by atoms with van der Waals surface area (Å²) >= 11 is 0. The van der Waals surface area contributed by atoms with Gasteiger partial charge >= 0.3 is 0 Å². The Kier molecular flexibility index (Phi) is 2.98. The minimum Gasteiger partial charge on any atom is -0.321 e. The van der Waals surface area contributed by atoms with Crippen LogP contribution in [0.1, 0.15) is 11.3 Å². The van der Waals surface area contributed by atoms with Crippen molar-refractivity contribution in [1.82, 2.24) is 19.7 Å². The second-order valence-electron chi connectivity index (χ2n) is 4.73. The summed E-state index contributed by atoms with van der Waals surface area (Å²) in [6.07, 6.45) is 1.67. The minimum atomic E-state index is -0.122. The highest BCUT2D eigenvalue weighted by atomic mass is 16.2. The first-order valence-electron chi connectivity index (χ1n) is 6.36. The van der Waals surface area contributed by atoms with E-state index in [1.807, 2.05) is 42.7 Å². The first-order valence-corrected chi connectivity index (χ1v) is 6.36. The highest BCUT2D eigenvalue weighted by Gasteiger charge is 2.11. The second-order valence-corrected chi connectivity index (χ2v) is 4.73. The number of rotatable bonds is 3. The Balaban J connectivity index is 1.78. The Bertz CT molecular complexity index is 771. The topological polar surface area (TPSA) is 75.6 Å². The van der Waals surface area contributed by atoms with E-state index in [0.29, 0.717) is 5.82 Å². The second kappa shape index (κ2) is 4.80. The van der Waals surface area contributed by atoms with E-state index >= 15 is 0 Å². The van der Waals surface area contributed by atoms with E-state index < -0.39 is 0 Å². The lowest BCUT2D eigenvalue weighted by atomic mass is 10.3. The zero-order valence-corrected chi connectivity index (χ0v) is 11.3. The van der Waals surface area contributed by atoms with Gasteiger partial charge in [-0.15, -0.1) is 0 Å². The standard InChI is InChI=1S/C14H15N5O/c1-9-10(2)17-18-14(9)16-13(20)7-19-8-15-11-5-3-4-6-12(11)19/h3-6,8H,7H2,1-2H3,(H2,16,17,18,20). The van der Waals surface area contributed by atoms with Crippen molar-refractivity contribution in [3.63, 3.8) is 0 Å². The number of anilines is 1. The number of para-hydroxylation sites is 2. The molecule has 1 amide bonds. The molecular weight excluding hydrogens is 254 g/mol. The Labute approximate surface area is 115 Å². The van der Waals surface area contributed by atoms with Crippen LogP contribution < -0.4 is 5.32 Å². The zero-order valence-electron chi connectivity index (χ0n) is 11.3. The number of aromatic amines is 1. The van der Waals surface area contributed by atoms with Crippen LogP contribution in [0.5, 0.6) is 0 Å². The lowest BCUT2D eigenvalue weighted by molar-refractivity contribution is -0.116. The van der Waals surface area contributed by atoms with Gasteiger partial charge in [-0.3, -0.25) is 9.89 Å². The number of aromatic nitrogens is 4. The number of carbonyl (C=O) groups excluding carboxylic acids is 1. The average molecular weight is 269 g/mol. The van der Waals surface area contributed by atoms with E-state index in [9.17, 15) is 4.79 Å². The number of benzene rings is 1. The van der Waals surface area contributed by atoms with Crippen LogP contribution in [0.4, 0.5) is 5.82 Å². The van der Waals surface area contributed by atoms with Gasteiger partial charge in [-0.1, -0.05) is 12.1 Å². The van der Waals surface area contributed by atoms with Gasteiger partial charge in [-0.2, -0.15) is 5.10 Å². The molecule has 3 aromatic rings. The summed E-state index contributed by atoms with van der Waals surface area (Å²) in [7, 11) is 0. The molecule has 0 fully saturated rings. The van der Waals surface area contributed by atoms with Crippen LogP contribution in [0, 0.1) is 13.8 Å². The maximum Gasteiger partial charge on any atom is 0.245 e. The smallest absolute Gasteiger partial charge is 0.245 e. The average Bonchev–Trinajstić information content (AvgIpc) is 2.98. The zero-order chi connectivity index (χ0) is 14.1. The number of hydrogen-bond donors (Lipinski definition) is 2. The fourth-order valence-electron chi connectivity index (χ4n) is 2.07. The number of aryl methyl sites for hydroxylation is 1. The number of nitrogens with zero attached hydrogens (tertiary/aromatic N) is 3. The van der Waals surface area contributed by atoms with Crippen molar-refractivity contribution in [1.29, 1.82) is 0 Å². The summed E-state index contributed by atoms with van der Waals surface area (Å²) in [5.74, 6) is 0.458. The summed E-state index contributed by atoms with van der Waals surface area (Å²) in [5, 5.41) is 9.72. The van der Waals surface area contributed by atoms with E-state index in [1.54, 1.807) is 6.33 Å². The van der Waals surface area contributed by atoms with Crippen LogP contribution in [0.15, 0.2) is 30.6 Å². The van der Waals surface area contributed by atoms with Crippen molar-refractivity contribution in [2.24, 2.45) is 0 Å². The molecular formula is C14H15N5O. The summed E-state index contributed by atoms with van der Waals surface area (Å²) in [6, 6.07) is 7.72. The minimum absolute atomic E-state index is 0.122. The summed E-state index contributed by atoms with van der Waals surface area (Å²) in [4.78, 5) is 16.3. The normalized spacial score (nSPS) is 10.9. The van der Waals surface area contributed by atoms with E-state index in [2.05, 4.69) is 20.5 Å². The third kappa shape index (κ3) is 2.16. The number of imidazole rings is 1. The number of fused-ring (bicyclic) bond motifs is 1. The maximum absolute atomic E-state index is 12.1. The monoisotopic (exact) mass is 269 g/mol. The molecule has 2 heterocycles. The highest BCUT2D eigenvalue weighted by Crippen LogP contribution is 2.15. The molecule has 102 valence electrons. The van der Waals surface area contributed by atoms with E-state index in [-0.39, 0.29) is 12.5 Å². The maximum atomic E-state index is 12.1. The van der Waals surface area contributed by atoms with Crippen LogP contribution in [0.3, 0.4) is 0 Å².